The molecule has 0 aromatic heterocycles. The number of benzene rings is 2. The molecule has 2 aromatic carbocycles. The summed E-state index contributed by atoms with van der Waals surface area (Å²) in [6, 6.07) is 9.31. The highest BCUT2D eigenvalue weighted by Crippen LogP contribution is 2.29. The van der Waals surface area contributed by atoms with Gasteiger partial charge in [0.25, 0.3) is 11.6 Å². The molecule has 0 saturated carbocycles. The van der Waals surface area contributed by atoms with Crippen LogP contribution in [0, 0.1) is 24.0 Å². The summed E-state index contributed by atoms with van der Waals surface area (Å²) in [5.74, 6) is -0.671. The van der Waals surface area contributed by atoms with Gasteiger partial charge in [-0.1, -0.05) is 6.07 Å². The topological polar surface area (TPSA) is 117 Å². The van der Waals surface area contributed by atoms with Crippen LogP contribution in [-0.4, -0.2) is 36.6 Å². The number of carbonyl (C=O) groups is 2. The molecule has 0 aliphatic heterocycles. The molecule has 0 aliphatic carbocycles. The van der Waals surface area contributed by atoms with Crippen molar-refractivity contribution in [2.24, 2.45) is 0 Å². The molecule has 2 aromatic rings. The Balaban J connectivity index is 1.93. The number of amides is 1. The normalized spacial score (nSPS) is 11.3. The fourth-order valence-electron chi connectivity index (χ4n) is 2.57. The standard InChI is InChI=1S/C20H22N2O7/c1-12-7-13(2)9-16(8-12)28-11-19(23)29-14(3)20(24)21-17-6-5-15(22(25)26)10-18(17)27-4/h5-10,14H,11H2,1-4H3,(H,21,24)/t14-/m0/s1. The molecule has 1 amide bonds. The van der Waals surface area contributed by atoms with Crippen LogP contribution in [-0.2, 0) is 14.3 Å². The number of anilines is 1. The molecule has 29 heavy (non-hydrogen) atoms. The lowest BCUT2D eigenvalue weighted by Gasteiger charge is -2.15. The minimum Gasteiger partial charge on any atom is -0.494 e. The number of hydrogen-bond donors (Lipinski definition) is 1. The van der Waals surface area contributed by atoms with E-state index in [0.29, 0.717) is 5.75 Å². The van der Waals surface area contributed by atoms with Crippen molar-refractivity contribution in [1.82, 2.24) is 0 Å². The van der Waals surface area contributed by atoms with Gasteiger partial charge in [-0.3, -0.25) is 14.9 Å². The largest absolute Gasteiger partial charge is 0.494 e. The molecule has 1 atom stereocenters. The number of esters is 1. The number of non-ortho nitro benzene ring substituents is 1. The van der Waals surface area contributed by atoms with Gasteiger partial charge in [-0.05, 0) is 50.1 Å². The molecule has 0 bridgehead atoms. The summed E-state index contributed by atoms with van der Waals surface area (Å²) in [6.45, 7) is 4.89. The predicted molar refractivity (Wildman–Crippen MR) is 105 cm³/mol. The number of nitrogens with zero attached hydrogens (tertiary/aromatic N) is 1. The first-order valence-electron chi connectivity index (χ1n) is 8.73. The number of ether oxygens (including phenoxy) is 3. The second-order valence-electron chi connectivity index (χ2n) is 6.38. The van der Waals surface area contributed by atoms with Gasteiger partial charge in [0.15, 0.2) is 12.7 Å². The van der Waals surface area contributed by atoms with Crippen LogP contribution in [0.1, 0.15) is 18.1 Å². The van der Waals surface area contributed by atoms with Crippen molar-refractivity contribution in [3.63, 3.8) is 0 Å². The lowest BCUT2D eigenvalue weighted by atomic mass is 10.1. The van der Waals surface area contributed by atoms with Gasteiger partial charge in [0.2, 0.25) is 0 Å². The minimum atomic E-state index is -1.11. The van der Waals surface area contributed by atoms with Gasteiger partial charge in [0, 0.05) is 6.07 Å². The molecule has 0 saturated heterocycles. The maximum atomic E-state index is 12.3. The summed E-state index contributed by atoms with van der Waals surface area (Å²) in [5.41, 5.74) is 2.04. The third-order valence-corrected chi connectivity index (χ3v) is 3.88. The minimum absolute atomic E-state index is 0.115. The van der Waals surface area contributed by atoms with Crippen LogP contribution in [0.15, 0.2) is 36.4 Å². The number of nitro groups is 1. The van der Waals surface area contributed by atoms with Gasteiger partial charge in [-0.2, -0.15) is 0 Å². The van der Waals surface area contributed by atoms with Crippen LogP contribution >= 0.6 is 0 Å². The first kappa shape index (κ1) is 21.7. The fourth-order valence-corrected chi connectivity index (χ4v) is 2.57. The van der Waals surface area contributed by atoms with E-state index in [1.165, 1.54) is 32.2 Å². The second kappa shape index (κ2) is 9.54. The van der Waals surface area contributed by atoms with Crippen molar-refractivity contribution < 1.29 is 28.7 Å². The summed E-state index contributed by atoms with van der Waals surface area (Å²) in [4.78, 5) is 34.5. The van der Waals surface area contributed by atoms with E-state index < -0.39 is 22.9 Å². The van der Waals surface area contributed by atoms with Crippen molar-refractivity contribution in [1.29, 1.82) is 0 Å². The van der Waals surface area contributed by atoms with Gasteiger partial charge in [-0.15, -0.1) is 0 Å². The second-order valence-corrected chi connectivity index (χ2v) is 6.38. The van der Waals surface area contributed by atoms with Crippen LogP contribution in [0.4, 0.5) is 11.4 Å². The Labute approximate surface area is 167 Å². The third-order valence-electron chi connectivity index (χ3n) is 3.88. The van der Waals surface area contributed by atoms with E-state index in [2.05, 4.69) is 5.32 Å². The lowest BCUT2D eigenvalue weighted by Crippen LogP contribution is -2.31. The highest BCUT2D eigenvalue weighted by Gasteiger charge is 2.20. The molecule has 0 spiro atoms. The fraction of sp³-hybridized carbons (Fsp3) is 0.300. The van der Waals surface area contributed by atoms with Crippen LogP contribution < -0.4 is 14.8 Å². The monoisotopic (exact) mass is 402 g/mol. The Morgan fingerprint density at radius 2 is 1.79 bits per heavy atom. The molecule has 154 valence electrons. The van der Waals surface area contributed by atoms with Crippen LogP contribution in [0.5, 0.6) is 11.5 Å². The Hall–Kier alpha value is -3.62. The molecule has 9 nitrogen and oxygen atoms in total. The highest BCUT2D eigenvalue weighted by molar-refractivity contribution is 5.96. The van der Waals surface area contributed by atoms with E-state index in [1.54, 1.807) is 12.1 Å². The van der Waals surface area contributed by atoms with Gasteiger partial charge >= 0.3 is 5.97 Å². The molecule has 0 radical (unpaired) electrons. The molecule has 1 N–H and O–H groups in total. The maximum absolute atomic E-state index is 12.3. The van der Waals surface area contributed by atoms with E-state index in [9.17, 15) is 19.7 Å². The Bertz CT molecular complexity index is 907. The van der Waals surface area contributed by atoms with Gasteiger partial charge in [0.1, 0.15) is 11.5 Å². The first-order valence-corrected chi connectivity index (χ1v) is 8.73. The maximum Gasteiger partial charge on any atom is 0.344 e. The molecular formula is C20H22N2O7. The Morgan fingerprint density at radius 3 is 2.38 bits per heavy atom. The van der Waals surface area contributed by atoms with Gasteiger partial charge < -0.3 is 19.5 Å². The molecule has 0 heterocycles. The van der Waals surface area contributed by atoms with Gasteiger partial charge in [0.05, 0.1) is 23.8 Å². The number of aryl methyl sites for hydroxylation is 2. The molecule has 0 aliphatic rings. The molecular weight excluding hydrogens is 380 g/mol. The average molecular weight is 402 g/mol. The van der Waals surface area contributed by atoms with E-state index in [0.717, 1.165) is 11.1 Å². The zero-order valence-electron chi connectivity index (χ0n) is 16.6. The van der Waals surface area contributed by atoms with E-state index >= 15 is 0 Å². The first-order chi connectivity index (χ1) is 13.7. The molecule has 2 rings (SSSR count). The zero-order chi connectivity index (χ0) is 21.6. The van der Waals surface area contributed by atoms with Crippen molar-refractivity contribution in [3.8, 4) is 11.5 Å². The van der Waals surface area contributed by atoms with Crippen LogP contribution in [0.2, 0.25) is 0 Å². The average Bonchev–Trinajstić information content (AvgIpc) is 2.65. The van der Waals surface area contributed by atoms with E-state index in [4.69, 9.17) is 14.2 Å². The number of carbonyl (C=O) groups excluding carboxylic acids is 2. The number of methoxy groups -OCH3 is 1. The van der Waals surface area contributed by atoms with E-state index in [1.807, 2.05) is 19.9 Å². The summed E-state index contributed by atoms with van der Waals surface area (Å²) < 4.78 is 15.5. The summed E-state index contributed by atoms with van der Waals surface area (Å²) in [5, 5.41) is 13.3. The quantitative estimate of drug-likeness (QED) is 0.409. The van der Waals surface area contributed by atoms with Crippen molar-refractivity contribution in [2.75, 3.05) is 19.0 Å². The van der Waals surface area contributed by atoms with Gasteiger partial charge in [-0.25, -0.2) is 4.79 Å². The van der Waals surface area contributed by atoms with E-state index in [-0.39, 0.29) is 23.7 Å². The summed E-state index contributed by atoms with van der Waals surface area (Å²) in [6.07, 6.45) is -1.11. The number of hydrogen-bond acceptors (Lipinski definition) is 7. The number of nitro benzene ring substituents is 1. The Kier molecular flexibility index (Phi) is 7.13. The van der Waals surface area contributed by atoms with Crippen LogP contribution in [0.25, 0.3) is 0 Å². The Morgan fingerprint density at radius 1 is 1.14 bits per heavy atom. The van der Waals surface area contributed by atoms with Crippen molar-refractivity contribution in [2.45, 2.75) is 26.9 Å². The summed E-state index contributed by atoms with van der Waals surface area (Å²) in [7, 11) is 1.32. The van der Waals surface area contributed by atoms with Crippen LogP contribution in [0.3, 0.4) is 0 Å². The number of nitrogens with one attached hydrogen (secondary N) is 1. The van der Waals surface area contributed by atoms with Crippen molar-refractivity contribution in [3.05, 3.63) is 57.6 Å². The lowest BCUT2D eigenvalue weighted by molar-refractivity contribution is -0.384. The molecule has 9 heteroatoms. The zero-order valence-corrected chi connectivity index (χ0v) is 16.6. The highest BCUT2D eigenvalue weighted by atomic mass is 16.6. The smallest absolute Gasteiger partial charge is 0.344 e. The predicted octanol–water partition coefficient (Wildman–Crippen LogP) is 3.17. The van der Waals surface area contributed by atoms with Crippen molar-refractivity contribution >= 4 is 23.3 Å². The summed E-state index contributed by atoms with van der Waals surface area (Å²) >= 11 is 0. The number of rotatable bonds is 8. The molecule has 0 fully saturated rings. The SMILES string of the molecule is COc1cc([N+](=O)[O-])ccc1NC(=O)[C@H](C)OC(=O)COc1cc(C)cc(C)c1. The molecule has 0 unspecified atom stereocenters. The third kappa shape index (κ3) is 6.20.